The molecule has 7 heteroatoms. The van der Waals surface area contributed by atoms with Gasteiger partial charge in [-0.2, -0.15) is 0 Å². The van der Waals surface area contributed by atoms with Gasteiger partial charge in [0.25, 0.3) is 0 Å². The summed E-state index contributed by atoms with van der Waals surface area (Å²) in [5, 5.41) is 3.93. The highest BCUT2D eigenvalue weighted by Crippen LogP contribution is 2.21. The number of nitrogens with one attached hydrogen (secondary N) is 1. The summed E-state index contributed by atoms with van der Waals surface area (Å²) in [6.45, 7) is 2.28. The summed E-state index contributed by atoms with van der Waals surface area (Å²) >= 11 is 7.22. The number of fused-ring (bicyclic) bond motifs is 1. The normalized spacial score (nSPS) is 11.3. The molecular weight excluding hydrogens is 380 g/mol. The monoisotopic (exact) mass is 389 g/mol. The lowest BCUT2D eigenvalue weighted by Gasteiger charge is -2.02. The largest absolute Gasteiger partial charge is 0.361 e. The summed E-state index contributed by atoms with van der Waals surface area (Å²) in [7, 11) is 0. The molecule has 0 aliphatic rings. The van der Waals surface area contributed by atoms with Crippen molar-refractivity contribution in [2.24, 2.45) is 0 Å². The Balaban J connectivity index is 2.15. The fraction of sp³-hybridized carbons (Fsp3) is 0.167. The van der Waals surface area contributed by atoms with E-state index in [0.29, 0.717) is 14.9 Å². The summed E-state index contributed by atoms with van der Waals surface area (Å²) in [5.41, 5.74) is 2.30. The molecule has 0 saturated carbocycles. The van der Waals surface area contributed by atoms with Gasteiger partial charge in [0.1, 0.15) is 17.3 Å². The molecule has 0 fully saturated rings. The minimum absolute atomic E-state index is 0.257. The van der Waals surface area contributed by atoms with Crippen LogP contribution in [0.4, 0.5) is 4.39 Å². The molecule has 0 bridgehead atoms. The molecule has 0 amide bonds. The van der Waals surface area contributed by atoms with E-state index in [4.69, 9.17) is 16.7 Å². The molecule has 0 radical (unpaired) electrons. The Morgan fingerprint density at radius 1 is 1.47 bits per heavy atom. The number of hydrogen-bond acceptors (Lipinski definition) is 3. The molecule has 3 aromatic rings. The zero-order valence-electron chi connectivity index (χ0n) is 9.91. The second kappa shape index (κ2) is 4.71. The van der Waals surface area contributed by atoms with Crippen LogP contribution < -0.4 is 0 Å². The first kappa shape index (κ1) is 12.8. The first-order valence-electron chi connectivity index (χ1n) is 5.54. The van der Waals surface area contributed by atoms with Crippen LogP contribution in [-0.2, 0) is 6.54 Å². The molecule has 0 saturated heterocycles. The predicted octanol–water partition coefficient (Wildman–Crippen LogP) is 3.79. The number of halogens is 2. The molecule has 4 nitrogen and oxygen atoms in total. The van der Waals surface area contributed by atoms with E-state index >= 15 is 0 Å². The van der Waals surface area contributed by atoms with Crippen molar-refractivity contribution < 1.29 is 8.91 Å². The van der Waals surface area contributed by atoms with Gasteiger partial charge in [0.05, 0.1) is 21.1 Å². The minimum Gasteiger partial charge on any atom is -0.361 e. The molecule has 3 rings (SSSR count). The number of aromatic amines is 1. The van der Waals surface area contributed by atoms with Crippen molar-refractivity contribution in [2.75, 3.05) is 0 Å². The second-order valence-corrected chi connectivity index (χ2v) is 5.78. The van der Waals surface area contributed by atoms with Crippen LogP contribution in [-0.4, -0.2) is 14.7 Å². The SMILES string of the molecule is Cc1cc(Cn2c(=S)[nH]c3cc(I)c(F)cc32)no1. The van der Waals surface area contributed by atoms with Gasteiger partial charge in [-0.3, -0.25) is 0 Å². The minimum atomic E-state index is -0.257. The fourth-order valence-electron chi connectivity index (χ4n) is 1.96. The second-order valence-electron chi connectivity index (χ2n) is 4.23. The molecule has 0 spiro atoms. The Morgan fingerprint density at radius 2 is 2.26 bits per heavy atom. The lowest BCUT2D eigenvalue weighted by Crippen LogP contribution is -2.00. The predicted molar refractivity (Wildman–Crippen MR) is 80.1 cm³/mol. The van der Waals surface area contributed by atoms with Crippen molar-refractivity contribution >= 4 is 45.8 Å². The molecule has 2 heterocycles. The van der Waals surface area contributed by atoms with Crippen LogP contribution in [0.1, 0.15) is 11.5 Å². The van der Waals surface area contributed by atoms with Crippen LogP contribution in [0.15, 0.2) is 22.7 Å². The highest BCUT2D eigenvalue weighted by Gasteiger charge is 2.10. The quantitative estimate of drug-likeness (QED) is 0.536. The van der Waals surface area contributed by atoms with Gasteiger partial charge in [-0.05, 0) is 47.8 Å². The van der Waals surface area contributed by atoms with Crippen LogP contribution in [0.5, 0.6) is 0 Å². The smallest absolute Gasteiger partial charge is 0.178 e. The van der Waals surface area contributed by atoms with Crippen LogP contribution >= 0.6 is 34.8 Å². The third kappa shape index (κ3) is 2.32. The van der Waals surface area contributed by atoms with Crippen LogP contribution in [0.25, 0.3) is 11.0 Å². The maximum absolute atomic E-state index is 13.7. The van der Waals surface area contributed by atoms with E-state index in [1.807, 2.05) is 35.6 Å². The summed E-state index contributed by atoms with van der Waals surface area (Å²) in [6.07, 6.45) is 0. The van der Waals surface area contributed by atoms with Gasteiger partial charge in [-0.1, -0.05) is 5.16 Å². The Kier molecular flexibility index (Phi) is 3.17. The van der Waals surface area contributed by atoms with Crippen LogP contribution in [0.2, 0.25) is 0 Å². The molecule has 1 N–H and O–H groups in total. The van der Waals surface area contributed by atoms with Gasteiger partial charge in [-0.15, -0.1) is 0 Å². The zero-order valence-corrected chi connectivity index (χ0v) is 12.9. The number of rotatable bonds is 2. The zero-order chi connectivity index (χ0) is 13.6. The standard InChI is InChI=1S/C12H9FIN3OS/c1-6-2-7(16-18-6)5-17-11-3-8(13)9(14)4-10(11)15-12(17)19/h2-4H,5H2,1H3,(H,15,19). The van der Waals surface area contributed by atoms with Crippen molar-refractivity contribution in [1.82, 2.24) is 14.7 Å². The van der Waals surface area contributed by atoms with E-state index in [-0.39, 0.29) is 5.82 Å². The molecular formula is C12H9FIN3OS. The van der Waals surface area contributed by atoms with Gasteiger partial charge in [0, 0.05) is 12.1 Å². The fourth-order valence-corrected chi connectivity index (χ4v) is 2.70. The third-order valence-corrected chi connectivity index (χ3v) is 3.96. The summed E-state index contributed by atoms with van der Waals surface area (Å²) in [6, 6.07) is 5.06. The number of benzene rings is 1. The van der Waals surface area contributed by atoms with Gasteiger partial charge >= 0.3 is 0 Å². The van der Waals surface area contributed by atoms with E-state index < -0.39 is 0 Å². The third-order valence-electron chi connectivity index (χ3n) is 2.81. The first-order valence-corrected chi connectivity index (χ1v) is 7.03. The molecule has 0 atom stereocenters. The molecule has 98 valence electrons. The lowest BCUT2D eigenvalue weighted by atomic mass is 10.3. The van der Waals surface area contributed by atoms with E-state index in [1.165, 1.54) is 6.07 Å². The number of aryl methyl sites for hydroxylation is 1. The van der Waals surface area contributed by atoms with E-state index in [2.05, 4.69) is 10.1 Å². The summed E-state index contributed by atoms with van der Waals surface area (Å²) in [5.74, 6) is 0.481. The Morgan fingerprint density at radius 3 is 2.95 bits per heavy atom. The van der Waals surface area contributed by atoms with Gasteiger partial charge in [-0.25, -0.2) is 4.39 Å². The molecule has 0 aliphatic heterocycles. The van der Waals surface area contributed by atoms with Crippen molar-refractivity contribution in [3.8, 4) is 0 Å². The van der Waals surface area contributed by atoms with Crippen molar-refractivity contribution in [3.05, 3.63) is 43.8 Å². The van der Waals surface area contributed by atoms with Gasteiger partial charge in [0.15, 0.2) is 4.77 Å². The average Bonchev–Trinajstić information content (AvgIpc) is 2.87. The highest BCUT2D eigenvalue weighted by molar-refractivity contribution is 14.1. The number of H-pyrrole nitrogens is 1. The average molecular weight is 389 g/mol. The summed E-state index contributed by atoms with van der Waals surface area (Å²) < 4.78 is 21.6. The Labute approximate surface area is 126 Å². The number of aromatic nitrogens is 3. The maximum atomic E-state index is 13.7. The van der Waals surface area contributed by atoms with E-state index in [9.17, 15) is 4.39 Å². The number of hydrogen-bond donors (Lipinski definition) is 1. The molecule has 2 aromatic heterocycles. The van der Waals surface area contributed by atoms with Crippen LogP contribution in [0.3, 0.4) is 0 Å². The maximum Gasteiger partial charge on any atom is 0.178 e. The Bertz CT molecular complexity index is 820. The molecule has 19 heavy (non-hydrogen) atoms. The van der Waals surface area contributed by atoms with E-state index in [1.54, 1.807) is 10.6 Å². The molecule has 0 unspecified atom stereocenters. The van der Waals surface area contributed by atoms with Crippen molar-refractivity contribution in [1.29, 1.82) is 0 Å². The summed E-state index contributed by atoms with van der Waals surface area (Å²) in [4.78, 5) is 3.07. The first-order chi connectivity index (χ1) is 9.04. The number of imidazole rings is 1. The van der Waals surface area contributed by atoms with Crippen molar-refractivity contribution in [3.63, 3.8) is 0 Å². The highest BCUT2D eigenvalue weighted by atomic mass is 127. The van der Waals surface area contributed by atoms with Gasteiger partial charge in [0.2, 0.25) is 0 Å². The topological polar surface area (TPSA) is 46.8 Å². The Hall–Kier alpha value is -1.22. The molecule has 0 aliphatic carbocycles. The van der Waals surface area contributed by atoms with Gasteiger partial charge < -0.3 is 14.1 Å². The number of nitrogens with zero attached hydrogens (tertiary/aromatic N) is 2. The lowest BCUT2D eigenvalue weighted by molar-refractivity contribution is 0.389. The molecule has 1 aromatic carbocycles. The van der Waals surface area contributed by atoms with Crippen molar-refractivity contribution in [2.45, 2.75) is 13.5 Å². The van der Waals surface area contributed by atoms with Crippen LogP contribution in [0, 0.1) is 21.1 Å². The van der Waals surface area contributed by atoms with E-state index in [0.717, 1.165) is 22.5 Å².